The number of likely N-dealkylation sites (tertiary alicyclic amines) is 1. The van der Waals surface area contributed by atoms with E-state index in [-0.39, 0.29) is 29.3 Å². The average Bonchev–Trinajstić information content (AvgIpc) is 2.95. The Bertz CT molecular complexity index is 1250. The van der Waals surface area contributed by atoms with Crippen LogP contribution in [-0.4, -0.2) is 55.2 Å². The zero-order valence-corrected chi connectivity index (χ0v) is 25.3. The first-order valence-corrected chi connectivity index (χ1v) is 14.5. The molecule has 0 radical (unpaired) electrons. The monoisotopic (exact) mass is 601 g/mol. The maximum Gasteiger partial charge on any atom is 0.217 e. The van der Waals surface area contributed by atoms with Crippen LogP contribution in [0.25, 0.3) is 0 Å². The van der Waals surface area contributed by atoms with Crippen molar-refractivity contribution >= 4 is 41.5 Å². The Morgan fingerprint density at radius 2 is 1.57 bits per heavy atom. The molecule has 1 amide bonds. The van der Waals surface area contributed by atoms with Crippen molar-refractivity contribution in [1.29, 1.82) is 0 Å². The summed E-state index contributed by atoms with van der Waals surface area (Å²) in [5, 5.41) is 4.44. The second kappa shape index (κ2) is 13.7. The highest BCUT2D eigenvalue weighted by atomic mass is 35.5. The predicted octanol–water partition coefficient (Wildman–Crippen LogP) is 6.66. The van der Waals surface area contributed by atoms with Crippen LogP contribution in [-0.2, 0) is 27.0 Å². The fraction of sp³-hybridized carbons (Fsp3) is 0.406. The molecular formula is C32H38Cl3N3O2. The standard InChI is InChI=1S/C32H37Cl2N3O2.ClH/c1-25(38)35-32(27-10-6-3-7-11-27)15-18-36(19-16-32)17-14-31(28-12-13-29(33)30(34)20-28)22-37(24-39-23-31)21-26-8-4-2-5-9-26;/h2-13,20H,14-19,21-24H2,1H3,(H,35,38);1H. The van der Waals surface area contributed by atoms with Gasteiger partial charge in [-0.25, -0.2) is 0 Å². The predicted molar refractivity (Wildman–Crippen MR) is 165 cm³/mol. The molecule has 0 aromatic heterocycles. The van der Waals surface area contributed by atoms with Gasteiger partial charge in [0.1, 0.15) is 0 Å². The third kappa shape index (κ3) is 7.20. The second-order valence-electron chi connectivity index (χ2n) is 11.1. The Labute approximate surface area is 254 Å². The molecule has 2 aliphatic heterocycles. The highest BCUT2D eigenvalue weighted by molar-refractivity contribution is 6.42. The fourth-order valence-electron chi connectivity index (χ4n) is 6.24. The van der Waals surface area contributed by atoms with Crippen molar-refractivity contribution < 1.29 is 9.53 Å². The Morgan fingerprint density at radius 3 is 2.23 bits per heavy atom. The Kier molecular flexibility index (Phi) is 10.6. The summed E-state index contributed by atoms with van der Waals surface area (Å²) < 4.78 is 6.25. The van der Waals surface area contributed by atoms with Crippen LogP contribution >= 0.6 is 35.6 Å². The minimum Gasteiger partial charge on any atom is -0.365 e. The molecular weight excluding hydrogens is 565 g/mol. The van der Waals surface area contributed by atoms with Crippen LogP contribution in [0.3, 0.4) is 0 Å². The topological polar surface area (TPSA) is 44.8 Å². The Hall–Kier alpha value is -2.12. The summed E-state index contributed by atoms with van der Waals surface area (Å²) in [6.45, 7) is 7.36. The van der Waals surface area contributed by atoms with E-state index < -0.39 is 0 Å². The van der Waals surface area contributed by atoms with E-state index in [4.69, 9.17) is 27.9 Å². The van der Waals surface area contributed by atoms with E-state index in [2.05, 4.69) is 69.7 Å². The lowest BCUT2D eigenvalue weighted by Gasteiger charge is -2.46. The molecule has 2 heterocycles. The van der Waals surface area contributed by atoms with Gasteiger partial charge in [-0.05, 0) is 54.6 Å². The van der Waals surface area contributed by atoms with Gasteiger partial charge in [-0.2, -0.15) is 0 Å². The van der Waals surface area contributed by atoms with E-state index in [9.17, 15) is 4.79 Å². The number of nitrogens with zero attached hydrogens (tertiary/aromatic N) is 2. The van der Waals surface area contributed by atoms with Gasteiger partial charge in [0.15, 0.2) is 0 Å². The minimum atomic E-state index is -0.314. The van der Waals surface area contributed by atoms with E-state index in [0.29, 0.717) is 23.4 Å². The van der Waals surface area contributed by atoms with Gasteiger partial charge in [-0.15, -0.1) is 12.4 Å². The molecule has 0 spiro atoms. The van der Waals surface area contributed by atoms with Crippen molar-refractivity contribution in [3.63, 3.8) is 0 Å². The summed E-state index contributed by atoms with van der Waals surface area (Å²) in [6, 6.07) is 27.0. The lowest BCUT2D eigenvalue weighted by Crippen LogP contribution is -2.54. The van der Waals surface area contributed by atoms with Gasteiger partial charge in [0, 0.05) is 38.5 Å². The summed E-state index contributed by atoms with van der Waals surface area (Å²) in [7, 11) is 0. The van der Waals surface area contributed by atoms with Crippen LogP contribution in [0, 0.1) is 0 Å². The molecule has 0 aliphatic carbocycles. The van der Waals surface area contributed by atoms with Crippen molar-refractivity contribution in [1.82, 2.24) is 15.1 Å². The summed E-state index contributed by atoms with van der Waals surface area (Å²) in [5.41, 5.74) is 3.11. The molecule has 0 bridgehead atoms. The van der Waals surface area contributed by atoms with E-state index in [1.54, 1.807) is 6.92 Å². The molecule has 5 nitrogen and oxygen atoms in total. The number of carbonyl (C=O) groups excluding carboxylic acids is 1. The van der Waals surface area contributed by atoms with Crippen LogP contribution in [0.5, 0.6) is 0 Å². The third-order valence-electron chi connectivity index (χ3n) is 8.32. The maximum atomic E-state index is 12.2. The van der Waals surface area contributed by atoms with Gasteiger partial charge in [0.2, 0.25) is 5.91 Å². The van der Waals surface area contributed by atoms with Gasteiger partial charge in [-0.1, -0.05) is 89.9 Å². The maximum absolute atomic E-state index is 12.2. The number of amides is 1. The molecule has 2 saturated heterocycles. The third-order valence-corrected chi connectivity index (χ3v) is 9.06. The van der Waals surface area contributed by atoms with Crippen molar-refractivity contribution in [2.75, 3.05) is 39.5 Å². The smallest absolute Gasteiger partial charge is 0.217 e. The molecule has 214 valence electrons. The van der Waals surface area contributed by atoms with Crippen molar-refractivity contribution in [2.45, 2.75) is 43.7 Å². The SMILES string of the molecule is CC(=O)NC1(c2ccccc2)CCN(CCC2(c3ccc(Cl)c(Cl)c3)COCN(Cc3ccccc3)C2)CC1.Cl. The largest absolute Gasteiger partial charge is 0.365 e. The van der Waals surface area contributed by atoms with Gasteiger partial charge in [-0.3, -0.25) is 9.69 Å². The zero-order chi connectivity index (χ0) is 27.3. The van der Waals surface area contributed by atoms with E-state index in [1.807, 2.05) is 24.3 Å². The van der Waals surface area contributed by atoms with Crippen LogP contribution in [0.4, 0.5) is 0 Å². The van der Waals surface area contributed by atoms with E-state index >= 15 is 0 Å². The van der Waals surface area contributed by atoms with E-state index in [0.717, 1.165) is 52.0 Å². The van der Waals surface area contributed by atoms with E-state index in [1.165, 1.54) is 16.7 Å². The van der Waals surface area contributed by atoms with Crippen molar-refractivity contribution in [3.8, 4) is 0 Å². The fourth-order valence-corrected chi connectivity index (χ4v) is 6.54. The first kappa shape index (κ1) is 30.8. The number of ether oxygens (including phenoxy) is 1. The van der Waals surface area contributed by atoms with Gasteiger partial charge in [0.05, 0.1) is 28.9 Å². The van der Waals surface area contributed by atoms with Crippen LogP contribution < -0.4 is 5.32 Å². The molecule has 1 atom stereocenters. The first-order valence-electron chi connectivity index (χ1n) is 13.7. The Morgan fingerprint density at radius 1 is 0.900 bits per heavy atom. The number of carbonyl (C=O) groups is 1. The number of rotatable bonds is 8. The van der Waals surface area contributed by atoms with Crippen LogP contribution in [0.2, 0.25) is 10.0 Å². The number of halogens is 3. The first-order chi connectivity index (χ1) is 18.9. The zero-order valence-electron chi connectivity index (χ0n) is 23.0. The number of hydrogen-bond donors (Lipinski definition) is 1. The van der Waals surface area contributed by atoms with Crippen LogP contribution in [0.15, 0.2) is 78.9 Å². The molecule has 1 N–H and O–H groups in total. The van der Waals surface area contributed by atoms with Crippen molar-refractivity contribution in [3.05, 3.63) is 106 Å². The highest BCUT2D eigenvalue weighted by Crippen LogP contribution is 2.38. The molecule has 8 heteroatoms. The van der Waals surface area contributed by atoms with Gasteiger partial charge < -0.3 is 15.0 Å². The molecule has 2 aliphatic rings. The number of benzene rings is 3. The molecule has 3 aromatic carbocycles. The lowest BCUT2D eigenvalue weighted by atomic mass is 9.76. The molecule has 40 heavy (non-hydrogen) atoms. The molecule has 3 aromatic rings. The summed E-state index contributed by atoms with van der Waals surface area (Å²) in [6.07, 6.45) is 2.70. The molecule has 1 unspecified atom stereocenters. The number of hydrogen-bond acceptors (Lipinski definition) is 4. The normalized spacial score (nSPS) is 21.4. The Balaban J connectivity index is 0.00000370. The molecule has 0 saturated carbocycles. The summed E-state index contributed by atoms with van der Waals surface area (Å²) in [4.78, 5) is 17.1. The van der Waals surface area contributed by atoms with Gasteiger partial charge >= 0.3 is 0 Å². The highest BCUT2D eigenvalue weighted by Gasteiger charge is 2.41. The molecule has 5 rings (SSSR count). The lowest BCUT2D eigenvalue weighted by molar-refractivity contribution is -0.121. The summed E-state index contributed by atoms with van der Waals surface area (Å²) >= 11 is 12.8. The quantitative estimate of drug-likeness (QED) is 0.313. The number of piperidine rings is 1. The van der Waals surface area contributed by atoms with Gasteiger partial charge in [0.25, 0.3) is 0 Å². The average molecular weight is 603 g/mol. The van der Waals surface area contributed by atoms with Crippen LogP contribution in [0.1, 0.15) is 42.9 Å². The second-order valence-corrected chi connectivity index (χ2v) is 11.9. The number of nitrogens with one attached hydrogen (secondary N) is 1. The summed E-state index contributed by atoms with van der Waals surface area (Å²) in [5.74, 6) is 0.0173. The minimum absolute atomic E-state index is 0. The van der Waals surface area contributed by atoms with Crippen molar-refractivity contribution in [2.24, 2.45) is 0 Å². The molecule has 2 fully saturated rings.